The SMILES string of the molecule is CC/C=C\C/C=C\C/C=C\C/C=C\C/C=C\C/C=C\CCCCCCC(=O)NC(COC1OC(CO)C(OC2OC(CO)C(O)C(O)C2O)C(O)C1O)C(O)/C=C/CC/C=C/CC/C=C/CCCCCCC. The first kappa shape index (κ1) is 64.8. The van der Waals surface area contributed by atoms with Crippen molar-refractivity contribution in [2.24, 2.45) is 0 Å². The first-order valence-electron chi connectivity index (χ1n) is 27.1. The minimum absolute atomic E-state index is 0.233. The zero-order valence-corrected chi connectivity index (χ0v) is 43.6. The first-order valence-corrected chi connectivity index (χ1v) is 27.1. The fourth-order valence-corrected chi connectivity index (χ4v) is 8.03. The van der Waals surface area contributed by atoms with Gasteiger partial charge in [-0.15, -0.1) is 0 Å². The molecule has 0 aliphatic carbocycles. The van der Waals surface area contributed by atoms with Gasteiger partial charge in [0.15, 0.2) is 12.6 Å². The second-order valence-corrected chi connectivity index (χ2v) is 18.6. The summed E-state index contributed by atoms with van der Waals surface area (Å²) in [6.45, 7) is 2.59. The maximum Gasteiger partial charge on any atom is 0.220 e. The van der Waals surface area contributed by atoms with E-state index in [-0.39, 0.29) is 18.9 Å². The van der Waals surface area contributed by atoms with Gasteiger partial charge in [0, 0.05) is 6.42 Å². The first-order chi connectivity index (χ1) is 35.1. The minimum atomic E-state index is -1.80. The van der Waals surface area contributed by atoms with Crippen LogP contribution >= 0.6 is 0 Å². The third kappa shape index (κ3) is 28.9. The van der Waals surface area contributed by atoms with Gasteiger partial charge in [0.2, 0.25) is 5.91 Å². The summed E-state index contributed by atoms with van der Waals surface area (Å²) in [5.74, 6) is -0.284. The van der Waals surface area contributed by atoms with Crippen LogP contribution in [0, 0.1) is 0 Å². The van der Waals surface area contributed by atoms with Crippen LogP contribution in [0.5, 0.6) is 0 Å². The van der Waals surface area contributed by atoms with E-state index in [1.165, 1.54) is 32.1 Å². The molecule has 0 radical (unpaired) electrons. The third-order valence-corrected chi connectivity index (χ3v) is 12.4. The van der Waals surface area contributed by atoms with Crippen molar-refractivity contribution in [3.8, 4) is 0 Å². The third-order valence-electron chi connectivity index (χ3n) is 12.4. The number of allylic oxidation sites excluding steroid dienone is 17. The Morgan fingerprint density at radius 3 is 1.51 bits per heavy atom. The van der Waals surface area contributed by atoms with Crippen LogP contribution < -0.4 is 5.32 Å². The molecule has 2 aliphatic rings. The lowest BCUT2D eigenvalue weighted by molar-refractivity contribution is -0.359. The predicted molar refractivity (Wildman–Crippen MR) is 285 cm³/mol. The molecule has 14 heteroatoms. The Kier molecular flexibility index (Phi) is 38.6. The molecule has 2 rings (SSSR count). The van der Waals surface area contributed by atoms with Crippen LogP contribution in [-0.2, 0) is 23.7 Å². The number of aliphatic hydroxyl groups is 8. The Hall–Kier alpha value is -3.35. The highest BCUT2D eigenvalue weighted by Gasteiger charge is 2.51. The molecular weight excluding hydrogens is 919 g/mol. The molecule has 2 heterocycles. The van der Waals surface area contributed by atoms with Crippen molar-refractivity contribution in [1.82, 2.24) is 5.32 Å². The second-order valence-electron chi connectivity index (χ2n) is 18.6. The standard InChI is InChI=1S/C58H95NO13/c1-3-5-7-9-11-13-15-17-19-20-21-22-23-24-25-26-28-30-32-34-36-38-40-42-50(63)59-46(47(62)41-39-37-35-33-31-29-27-18-16-14-12-10-8-6-4-2)45-69-57-55(68)53(66)56(49(44-61)71-57)72-58-54(67)52(65)51(64)48(43-60)70-58/h5,7,11,13,16-19,21-22,24-25,28,30-31,33,39,41,46-49,51-58,60-62,64-68H,3-4,6,8-10,12,14-15,20,23,26-27,29,32,34-38,40,42-45H2,1-2H3,(H,59,63)/b7-5-,13-11-,18-16+,19-17-,22-21-,25-24-,30-28-,33-31+,41-39+. The van der Waals surface area contributed by atoms with Crippen molar-refractivity contribution >= 4 is 5.91 Å². The largest absolute Gasteiger partial charge is 0.394 e. The molecule has 410 valence electrons. The van der Waals surface area contributed by atoms with E-state index in [0.717, 1.165) is 89.9 Å². The Labute approximate surface area is 432 Å². The Morgan fingerprint density at radius 1 is 0.514 bits per heavy atom. The molecule has 2 fully saturated rings. The van der Waals surface area contributed by atoms with Gasteiger partial charge in [-0.3, -0.25) is 4.79 Å². The molecule has 0 aromatic rings. The number of ether oxygens (including phenoxy) is 4. The van der Waals surface area contributed by atoms with E-state index in [9.17, 15) is 45.6 Å². The van der Waals surface area contributed by atoms with E-state index in [1.54, 1.807) is 6.08 Å². The van der Waals surface area contributed by atoms with Crippen molar-refractivity contribution in [2.45, 2.75) is 229 Å². The Morgan fingerprint density at radius 2 is 0.972 bits per heavy atom. The molecule has 12 atom stereocenters. The number of unbranched alkanes of at least 4 members (excludes halogenated alkanes) is 11. The van der Waals surface area contributed by atoms with Gasteiger partial charge in [-0.1, -0.05) is 162 Å². The summed E-state index contributed by atoms with van der Waals surface area (Å²) >= 11 is 0. The van der Waals surface area contributed by atoms with Gasteiger partial charge < -0.3 is 65.1 Å². The average Bonchev–Trinajstić information content (AvgIpc) is 3.38. The van der Waals surface area contributed by atoms with Gasteiger partial charge >= 0.3 is 0 Å². The van der Waals surface area contributed by atoms with Gasteiger partial charge in [-0.2, -0.15) is 0 Å². The highest BCUT2D eigenvalue weighted by atomic mass is 16.7. The smallest absolute Gasteiger partial charge is 0.220 e. The summed E-state index contributed by atoms with van der Waals surface area (Å²) in [6, 6.07) is -0.959. The van der Waals surface area contributed by atoms with Crippen molar-refractivity contribution in [3.05, 3.63) is 109 Å². The predicted octanol–water partition coefficient (Wildman–Crippen LogP) is 8.10. The molecule has 2 aliphatic heterocycles. The molecule has 14 nitrogen and oxygen atoms in total. The van der Waals surface area contributed by atoms with E-state index in [1.807, 2.05) is 6.08 Å². The quantitative estimate of drug-likeness (QED) is 0.0209. The van der Waals surface area contributed by atoms with Gasteiger partial charge in [0.25, 0.3) is 0 Å². The number of aliphatic hydroxyl groups excluding tert-OH is 8. The van der Waals surface area contributed by atoms with Gasteiger partial charge in [0.05, 0.1) is 32.0 Å². The molecule has 0 bridgehead atoms. The van der Waals surface area contributed by atoms with Crippen molar-refractivity contribution in [2.75, 3.05) is 19.8 Å². The molecule has 9 N–H and O–H groups in total. The zero-order valence-electron chi connectivity index (χ0n) is 43.6. The molecule has 2 saturated heterocycles. The molecule has 12 unspecified atom stereocenters. The van der Waals surface area contributed by atoms with Crippen LogP contribution in [0.25, 0.3) is 0 Å². The number of hydrogen-bond acceptors (Lipinski definition) is 13. The van der Waals surface area contributed by atoms with E-state index < -0.39 is 86.8 Å². The summed E-state index contributed by atoms with van der Waals surface area (Å²) in [6.07, 6.45) is 42.6. The van der Waals surface area contributed by atoms with E-state index in [4.69, 9.17) is 18.9 Å². The highest BCUT2D eigenvalue weighted by Crippen LogP contribution is 2.30. The van der Waals surface area contributed by atoms with Crippen LogP contribution in [0.2, 0.25) is 0 Å². The summed E-state index contributed by atoms with van der Waals surface area (Å²) in [5, 5.41) is 86.8. The highest BCUT2D eigenvalue weighted by molar-refractivity contribution is 5.76. The second kappa shape index (κ2) is 42.9. The number of hydrogen-bond donors (Lipinski definition) is 9. The fraction of sp³-hybridized carbons (Fsp3) is 0.672. The lowest BCUT2D eigenvalue weighted by atomic mass is 9.97. The summed E-state index contributed by atoms with van der Waals surface area (Å²) in [5.41, 5.74) is 0. The maximum atomic E-state index is 13.2. The number of nitrogens with one attached hydrogen (secondary N) is 1. The number of carbonyl (C=O) groups is 1. The van der Waals surface area contributed by atoms with Crippen LogP contribution in [0.1, 0.15) is 155 Å². The molecule has 1 amide bonds. The maximum absolute atomic E-state index is 13.2. The summed E-state index contributed by atoms with van der Waals surface area (Å²) in [4.78, 5) is 13.2. The monoisotopic (exact) mass is 1010 g/mol. The van der Waals surface area contributed by atoms with Gasteiger partial charge in [0.1, 0.15) is 48.8 Å². The normalized spacial score (nSPS) is 26.5. The number of carbonyl (C=O) groups excluding carboxylic acids is 1. The summed E-state index contributed by atoms with van der Waals surface area (Å²) in [7, 11) is 0. The lowest BCUT2D eigenvalue weighted by Crippen LogP contribution is -2.65. The fourth-order valence-electron chi connectivity index (χ4n) is 8.03. The van der Waals surface area contributed by atoms with E-state index >= 15 is 0 Å². The van der Waals surface area contributed by atoms with Gasteiger partial charge in [-0.25, -0.2) is 0 Å². The van der Waals surface area contributed by atoms with Crippen LogP contribution in [-0.4, -0.2) is 140 Å². The Balaban J connectivity index is 1.84. The zero-order chi connectivity index (χ0) is 52.4. The molecule has 0 aromatic carbocycles. The average molecular weight is 1010 g/mol. The number of amides is 1. The topological polar surface area (TPSA) is 228 Å². The van der Waals surface area contributed by atoms with Crippen LogP contribution in [0.4, 0.5) is 0 Å². The lowest BCUT2D eigenvalue weighted by Gasteiger charge is -2.46. The Bertz CT molecular complexity index is 1620. The van der Waals surface area contributed by atoms with Crippen LogP contribution in [0.15, 0.2) is 109 Å². The van der Waals surface area contributed by atoms with Crippen molar-refractivity contribution in [3.63, 3.8) is 0 Å². The van der Waals surface area contributed by atoms with E-state index in [2.05, 4.69) is 116 Å². The number of rotatable bonds is 40. The van der Waals surface area contributed by atoms with E-state index in [0.29, 0.717) is 12.8 Å². The molecule has 0 saturated carbocycles. The van der Waals surface area contributed by atoms with Crippen LogP contribution in [0.3, 0.4) is 0 Å². The van der Waals surface area contributed by atoms with Gasteiger partial charge in [-0.05, 0) is 96.3 Å². The van der Waals surface area contributed by atoms with Crippen molar-refractivity contribution < 1.29 is 64.6 Å². The molecular formula is C58H95NO13. The molecule has 72 heavy (non-hydrogen) atoms. The van der Waals surface area contributed by atoms with Crippen molar-refractivity contribution in [1.29, 1.82) is 0 Å². The molecule has 0 spiro atoms. The summed E-state index contributed by atoms with van der Waals surface area (Å²) < 4.78 is 22.7. The molecule has 0 aromatic heterocycles. The minimum Gasteiger partial charge on any atom is -0.394 e.